The summed E-state index contributed by atoms with van der Waals surface area (Å²) in [6, 6.07) is 0. The lowest BCUT2D eigenvalue weighted by Gasteiger charge is -2.23. The van der Waals surface area contributed by atoms with Crippen LogP contribution in [0.2, 0.25) is 19.6 Å². The topological polar surface area (TPSA) is 21.7 Å². The maximum Gasteiger partial charge on any atom is 0.267 e. The van der Waals surface area contributed by atoms with Crippen LogP contribution in [0, 0.1) is 0 Å². The Morgan fingerprint density at radius 2 is 1.76 bits per heavy atom. The summed E-state index contributed by atoms with van der Waals surface area (Å²) in [5, 5.41) is 0. The maximum atomic E-state index is 5.89. The Bertz CT molecular complexity index is 299. The van der Waals surface area contributed by atoms with E-state index in [4.69, 9.17) is 9.16 Å². The van der Waals surface area contributed by atoms with Crippen LogP contribution in [0.1, 0.15) is 19.8 Å². The Labute approximate surface area is 106 Å². The highest BCUT2D eigenvalue weighted by Crippen LogP contribution is 2.19. The number of ether oxygens (including phenoxy) is 1. The molecule has 0 aromatic carbocycles. The van der Waals surface area contributed by atoms with Crippen molar-refractivity contribution >= 4 is 8.32 Å². The summed E-state index contributed by atoms with van der Waals surface area (Å²) in [6.07, 6.45) is 6.70. The number of hydrogen-bond donors (Lipinski definition) is 0. The lowest BCUT2D eigenvalue weighted by atomic mass is 10.3. The van der Waals surface area contributed by atoms with Crippen LogP contribution >= 0.6 is 0 Å². The molecule has 0 unspecified atom stereocenters. The van der Waals surface area contributed by atoms with E-state index in [2.05, 4.69) is 37.5 Å². The minimum atomic E-state index is -1.60. The highest BCUT2D eigenvalue weighted by Gasteiger charge is 2.20. The van der Waals surface area contributed by atoms with Gasteiger partial charge in [-0.25, -0.2) is 0 Å². The van der Waals surface area contributed by atoms with Crippen molar-refractivity contribution in [3.63, 3.8) is 0 Å². The Morgan fingerprint density at radius 1 is 1.18 bits per heavy atom. The van der Waals surface area contributed by atoms with Crippen LogP contribution in [0.4, 0.5) is 0 Å². The molecule has 0 atom stereocenters. The molecule has 3 nitrogen and oxygen atoms in total. The fourth-order valence-corrected chi connectivity index (χ4v) is 2.63. The summed E-state index contributed by atoms with van der Waals surface area (Å²) in [6.45, 7) is 10.8. The molecule has 0 bridgehead atoms. The fourth-order valence-electron chi connectivity index (χ4n) is 1.89. The summed E-state index contributed by atoms with van der Waals surface area (Å²) in [5.74, 6) is 0.643. The van der Waals surface area contributed by atoms with Crippen LogP contribution in [0.3, 0.4) is 0 Å². The Morgan fingerprint density at radius 3 is 2.18 bits per heavy atom. The van der Waals surface area contributed by atoms with Crippen molar-refractivity contribution in [1.82, 2.24) is 4.90 Å². The molecular formula is C13H25NO2Si. The van der Waals surface area contributed by atoms with Gasteiger partial charge < -0.3 is 14.1 Å². The molecule has 1 rings (SSSR count). The summed E-state index contributed by atoms with van der Waals surface area (Å²) >= 11 is 0. The number of nitrogens with zero attached hydrogens (tertiary/aromatic N) is 1. The quantitative estimate of drug-likeness (QED) is 0.427. The van der Waals surface area contributed by atoms with E-state index in [1.165, 1.54) is 18.5 Å². The van der Waals surface area contributed by atoms with Gasteiger partial charge in [0.1, 0.15) is 0 Å². The van der Waals surface area contributed by atoms with Gasteiger partial charge in [0.15, 0.2) is 0 Å². The molecule has 0 aliphatic carbocycles. The molecule has 0 N–H and O–H groups in total. The molecule has 1 fully saturated rings. The molecule has 1 heterocycles. The Hall–Kier alpha value is -0.903. The summed E-state index contributed by atoms with van der Waals surface area (Å²) < 4.78 is 11.2. The first kappa shape index (κ1) is 14.2. The molecule has 98 valence electrons. The van der Waals surface area contributed by atoms with Gasteiger partial charge in [0.25, 0.3) is 5.95 Å². The van der Waals surface area contributed by atoms with Gasteiger partial charge in [-0.05, 0) is 39.4 Å². The third kappa shape index (κ3) is 4.85. The molecular weight excluding hydrogens is 230 g/mol. The van der Waals surface area contributed by atoms with Crippen LogP contribution in [0.25, 0.3) is 0 Å². The first-order valence-corrected chi connectivity index (χ1v) is 9.73. The lowest BCUT2D eigenvalue weighted by Crippen LogP contribution is -2.26. The van der Waals surface area contributed by atoms with E-state index in [1.807, 2.05) is 6.08 Å². The van der Waals surface area contributed by atoms with Crippen LogP contribution in [0.15, 0.2) is 23.8 Å². The van der Waals surface area contributed by atoms with E-state index >= 15 is 0 Å². The van der Waals surface area contributed by atoms with Crippen LogP contribution in [-0.4, -0.2) is 33.4 Å². The lowest BCUT2D eigenvalue weighted by molar-refractivity contribution is 0.146. The SMILES string of the molecule is C/C=C(/C=C(/OC)O[Si](C)(C)C)N1CCCC1. The van der Waals surface area contributed by atoms with Gasteiger partial charge in [-0.1, -0.05) is 6.08 Å². The largest absolute Gasteiger partial charge is 0.520 e. The van der Waals surface area contributed by atoms with Crippen molar-refractivity contribution in [2.24, 2.45) is 0 Å². The average Bonchev–Trinajstić information content (AvgIpc) is 2.75. The molecule has 1 aliphatic heterocycles. The molecule has 0 aromatic heterocycles. The van der Waals surface area contributed by atoms with Gasteiger partial charge in [0.2, 0.25) is 8.32 Å². The van der Waals surface area contributed by atoms with Crippen molar-refractivity contribution in [3.05, 3.63) is 23.8 Å². The fraction of sp³-hybridized carbons (Fsp3) is 0.692. The molecule has 1 saturated heterocycles. The predicted octanol–water partition coefficient (Wildman–Crippen LogP) is 3.33. The third-order valence-corrected chi connectivity index (χ3v) is 3.45. The molecule has 4 heteroatoms. The summed E-state index contributed by atoms with van der Waals surface area (Å²) in [7, 11) is 0.0705. The second-order valence-electron chi connectivity index (χ2n) is 5.29. The monoisotopic (exact) mass is 255 g/mol. The van der Waals surface area contributed by atoms with Gasteiger partial charge >= 0.3 is 0 Å². The zero-order valence-corrected chi connectivity index (χ0v) is 12.7. The second-order valence-corrected chi connectivity index (χ2v) is 9.72. The molecule has 0 radical (unpaired) electrons. The number of likely N-dealkylation sites (tertiary alicyclic amines) is 1. The Balaban J connectivity index is 2.74. The number of rotatable bonds is 5. The number of allylic oxidation sites excluding steroid dienone is 2. The van der Waals surface area contributed by atoms with Crippen LogP contribution in [0.5, 0.6) is 0 Å². The Kier molecular flexibility index (Phi) is 5.12. The highest BCUT2D eigenvalue weighted by atomic mass is 28.4. The predicted molar refractivity (Wildman–Crippen MR) is 74.1 cm³/mol. The third-order valence-electron chi connectivity index (χ3n) is 2.64. The van der Waals surface area contributed by atoms with E-state index in [9.17, 15) is 0 Å². The minimum absolute atomic E-state index is 0.643. The summed E-state index contributed by atoms with van der Waals surface area (Å²) in [5.41, 5.74) is 1.21. The smallest absolute Gasteiger partial charge is 0.267 e. The zero-order valence-electron chi connectivity index (χ0n) is 11.7. The highest BCUT2D eigenvalue weighted by molar-refractivity contribution is 6.70. The molecule has 0 amide bonds. The maximum absolute atomic E-state index is 5.89. The van der Waals surface area contributed by atoms with Crippen LogP contribution < -0.4 is 0 Å². The number of methoxy groups -OCH3 is 1. The van der Waals surface area contributed by atoms with E-state index in [1.54, 1.807) is 7.11 Å². The van der Waals surface area contributed by atoms with Gasteiger partial charge in [-0.2, -0.15) is 0 Å². The van der Waals surface area contributed by atoms with Gasteiger partial charge in [0, 0.05) is 24.9 Å². The van der Waals surface area contributed by atoms with E-state index < -0.39 is 8.32 Å². The van der Waals surface area contributed by atoms with Crippen molar-refractivity contribution in [1.29, 1.82) is 0 Å². The standard InChI is InChI=1S/C13H25NO2Si/c1-6-12(14-9-7-8-10-14)11-13(15-2)16-17(3,4)5/h6,11H,7-10H2,1-5H3/b12-6-,13-11-. The van der Waals surface area contributed by atoms with Gasteiger partial charge in [-0.3, -0.25) is 0 Å². The number of hydrogen-bond acceptors (Lipinski definition) is 3. The van der Waals surface area contributed by atoms with Gasteiger partial charge in [0.05, 0.1) is 7.11 Å². The molecule has 1 aliphatic rings. The van der Waals surface area contributed by atoms with Crippen molar-refractivity contribution in [3.8, 4) is 0 Å². The van der Waals surface area contributed by atoms with Gasteiger partial charge in [-0.15, -0.1) is 0 Å². The summed E-state index contributed by atoms with van der Waals surface area (Å²) in [4.78, 5) is 2.38. The first-order chi connectivity index (χ1) is 7.96. The molecule has 0 aromatic rings. The molecule has 0 spiro atoms. The van der Waals surface area contributed by atoms with Crippen molar-refractivity contribution < 1.29 is 9.16 Å². The average molecular weight is 255 g/mol. The van der Waals surface area contributed by atoms with Crippen molar-refractivity contribution in [2.45, 2.75) is 39.4 Å². The van der Waals surface area contributed by atoms with Crippen LogP contribution in [-0.2, 0) is 9.16 Å². The second kappa shape index (κ2) is 6.14. The van der Waals surface area contributed by atoms with Crippen molar-refractivity contribution in [2.75, 3.05) is 20.2 Å². The molecule has 0 saturated carbocycles. The molecule has 17 heavy (non-hydrogen) atoms. The minimum Gasteiger partial charge on any atom is -0.520 e. The van der Waals surface area contributed by atoms with E-state index in [-0.39, 0.29) is 0 Å². The zero-order chi connectivity index (χ0) is 12.9. The van der Waals surface area contributed by atoms with E-state index in [0.29, 0.717) is 5.95 Å². The normalized spacial score (nSPS) is 18.5. The van der Waals surface area contributed by atoms with E-state index in [0.717, 1.165) is 13.1 Å². The first-order valence-electron chi connectivity index (χ1n) is 6.32.